The van der Waals surface area contributed by atoms with Gasteiger partial charge in [0, 0.05) is 31.7 Å². The first-order valence-electron chi connectivity index (χ1n) is 7.83. The van der Waals surface area contributed by atoms with Gasteiger partial charge in [0.05, 0.1) is 6.20 Å². The van der Waals surface area contributed by atoms with Crippen LogP contribution < -0.4 is 4.90 Å². The molecule has 1 aliphatic rings. The summed E-state index contributed by atoms with van der Waals surface area (Å²) in [6.07, 6.45) is 1.01. The van der Waals surface area contributed by atoms with Crippen LogP contribution in [0.1, 0.15) is 12.3 Å². The summed E-state index contributed by atoms with van der Waals surface area (Å²) >= 11 is 0. The van der Waals surface area contributed by atoms with Crippen molar-refractivity contribution in [1.29, 1.82) is 0 Å². The first-order chi connectivity index (χ1) is 12.5. The molecule has 0 aliphatic carbocycles. The van der Waals surface area contributed by atoms with Gasteiger partial charge in [0.1, 0.15) is 11.5 Å². The van der Waals surface area contributed by atoms with E-state index in [4.69, 9.17) is 4.52 Å². The molecule has 0 spiro atoms. The highest BCUT2D eigenvalue weighted by Gasteiger charge is 2.63. The zero-order valence-electron chi connectivity index (χ0n) is 13.4. The Morgan fingerprint density at radius 1 is 1.12 bits per heavy atom. The number of hydrogen-bond acceptors (Lipinski definition) is 7. The lowest BCUT2D eigenvalue weighted by Crippen LogP contribution is -2.45. The van der Waals surface area contributed by atoms with Gasteiger partial charge in [-0.1, -0.05) is 11.2 Å². The van der Waals surface area contributed by atoms with Gasteiger partial charge >= 0.3 is 6.18 Å². The molecule has 7 nitrogen and oxygen atoms in total. The Hall–Kier alpha value is -3.04. The molecular formula is C16H13F3N6O. The van der Waals surface area contributed by atoms with Gasteiger partial charge in [-0.3, -0.25) is 4.98 Å². The molecule has 4 heterocycles. The lowest BCUT2D eigenvalue weighted by atomic mass is 9.86. The molecule has 10 heteroatoms. The molecule has 1 unspecified atom stereocenters. The zero-order valence-corrected chi connectivity index (χ0v) is 13.4. The summed E-state index contributed by atoms with van der Waals surface area (Å²) in [4.78, 5) is 17.5. The third-order valence-electron chi connectivity index (χ3n) is 4.41. The number of anilines is 1. The van der Waals surface area contributed by atoms with Crippen molar-refractivity contribution >= 4 is 5.82 Å². The minimum atomic E-state index is -4.55. The van der Waals surface area contributed by atoms with E-state index in [-0.39, 0.29) is 31.0 Å². The first-order valence-corrected chi connectivity index (χ1v) is 7.83. The van der Waals surface area contributed by atoms with Crippen molar-refractivity contribution in [1.82, 2.24) is 25.1 Å². The Bertz CT molecular complexity index is 886. The minimum Gasteiger partial charge on any atom is -0.355 e. The molecular weight excluding hydrogens is 349 g/mol. The summed E-state index contributed by atoms with van der Waals surface area (Å²) in [6, 6.07) is 5.11. The fourth-order valence-corrected chi connectivity index (χ4v) is 3.01. The van der Waals surface area contributed by atoms with Gasteiger partial charge in [0.25, 0.3) is 0 Å². The maximum Gasteiger partial charge on any atom is 0.405 e. The number of halogens is 3. The molecule has 0 amide bonds. The predicted molar refractivity (Wildman–Crippen MR) is 84.1 cm³/mol. The zero-order chi connectivity index (χ0) is 18.2. The highest BCUT2D eigenvalue weighted by Crippen LogP contribution is 2.47. The van der Waals surface area contributed by atoms with Gasteiger partial charge < -0.3 is 9.42 Å². The van der Waals surface area contributed by atoms with Crippen LogP contribution in [0, 0.1) is 0 Å². The molecule has 1 atom stereocenters. The van der Waals surface area contributed by atoms with Crippen LogP contribution in [0.15, 0.2) is 47.5 Å². The van der Waals surface area contributed by atoms with Crippen molar-refractivity contribution in [2.75, 3.05) is 18.0 Å². The fraction of sp³-hybridized carbons (Fsp3) is 0.312. The number of pyridine rings is 1. The SMILES string of the molecule is FC(F)(F)C1(c2nc(-c3cnccn3)no2)CCN(c2ccccn2)C1. The number of aromatic nitrogens is 5. The monoisotopic (exact) mass is 362 g/mol. The second kappa shape index (κ2) is 6.04. The Kier molecular flexibility index (Phi) is 3.82. The van der Waals surface area contributed by atoms with E-state index in [2.05, 4.69) is 25.1 Å². The van der Waals surface area contributed by atoms with Crippen LogP contribution in [0.25, 0.3) is 11.5 Å². The van der Waals surface area contributed by atoms with Crippen LogP contribution in [-0.4, -0.2) is 44.4 Å². The highest BCUT2D eigenvalue weighted by molar-refractivity contribution is 5.47. The van der Waals surface area contributed by atoms with Crippen molar-refractivity contribution in [2.24, 2.45) is 0 Å². The quantitative estimate of drug-likeness (QED) is 0.708. The first kappa shape index (κ1) is 16.4. The van der Waals surface area contributed by atoms with E-state index >= 15 is 0 Å². The highest BCUT2D eigenvalue weighted by atomic mass is 19.4. The average Bonchev–Trinajstić information content (AvgIpc) is 3.31. The Morgan fingerprint density at radius 3 is 2.69 bits per heavy atom. The van der Waals surface area contributed by atoms with Crippen molar-refractivity contribution < 1.29 is 17.7 Å². The molecule has 3 aromatic heterocycles. The Morgan fingerprint density at radius 2 is 2.00 bits per heavy atom. The molecule has 3 aromatic rings. The smallest absolute Gasteiger partial charge is 0.355 e. The summed E-state index contributed by atoms with van der Waals surface area (Å²) in [5.74, 6) is -0.00983. The summed E-state index contributed by atoms with van der Waals surface area (Å²) < 4.78 is 47.0. The van der Waals surface area contributed by atoms with E-state index in [1.165, 1.54) is 18.6 Å². The molecule has 0 radical (unpaired) electrons. The van der Waals surface area contributed by atoms with Crippen LogP contribution in [0.4, 0.5) is 19.0 Å². The largest absolute Gasteiger partial charge is 0.405 e. The molecule has 134 valence electrons. The second-order valence-electron chi connectivity index (χ2n) is 5.95. The van der Waals surface area contributed by atoms with E-state index in [0.717, 1.165) is 0 Å². The van der Waals surface area contributed by atoms with Crippen LogP contribution >= 0.6 is 0 Å². The Balaban J connectivity index is 1.70. The molecule has 0 bridgehead atoms. The predicted octanol–water partition coefficient (Wildman–Crippen LogP) is 2.63. The van der Waals surface area contributed by atoms with Gasteiger partial charge in [-0.05, 0) is 18.6 Å². The van der Waals surface area contributed by atoms with E-state index in [9.17, 15) is 13.2 Å². The molecule has 4 rings (SSSR count). The van der Waals surface area contributed by atoms with Crippen molar-refractivity contribution in [3.8, 4) is 11.5 Å². The number of rotatable bonds is 3. The minimum absolute atomic E-state index is 0.0204. The fourth-order valence-electron chi connectivity index (χ4n) is 3.01. The summed E-state index contributed by atoms with van der Waals surface area (Å²) in [5.41, 5.74) is -2.00. The lowest BCUT2D eigenvalue weighted by molar-refractivity contribution is -0.191. The topological polar surface area (TPSA) is 80.8 Å². The van der Waals surface area contributed by atoms with Crippen LogP contribution in [-0.2, 0) is 5.41 Å². The third-order valence-corrected chi connectivity index (χ3v) is 4.41. The van der Waals surface area contributed by atoms with E-state index in [1.807, 2.05) is 0 Å². The normalized spacial score (nSPS) is 20.5. The van der Waals surface area contributed by atoms with Crippen LogP contribution in [0.5, 0.6) is 0 Å². The van der Waals surface area contributed by atoms with Crippen molar-refractivity contribution in [3.63, 3.8) is 0 Å². The van der Waals surface area contributed by atoms with Gasteiger partial charge in [-0.2, -0.15) is 18.2 Å². The van der Waals surface area contributed by atoms with E-state index < -0.39 is 17.5 Å². The van der Waals surface area contributed by atoms with E-state index in [1.54, 1.807) is 29.3 Å². The number of hydrogen-bond donors (Lipinski definition) is 0. The molecule has 0 saturated carbocycles. The molecule has 1 saturated heterocycles. The van der Waals surface area contributed by atoms with Crippen LogP contribution in [0.3, 0.4) is 0 Å². The summed E-state index contributed by atoms with van der Waals surface area (Å²) in [7, 11) is 0. The summed E-state index contributed by atoms with van der Waals surface area (Å²) in [5, 5.41) is 3.66. The maximum atomic E-state index is 14.0. The van der Waals surface area contributed by atoms with Crippen molar-refractivity contribution in [2.45, 2.75) is 18.0 Å². The maximum absolute atomic E-state index is 14.0. The molecule has 1 aliphatic heterocycles. The second-order valence-corrected chi connectivity index (χ2v) is 5.95. The molecule has 26 heavy (non-hydrogen) atoms. The van der Waals surface area contributed by atoms with Crippen LogP contribution in [0.2, 0.25) is 0 Å². The van der Waals surface area contributed by atoms with E-state index in [0.29, 0.717) is 5.82 Å². The molecule has 0 aromatic carbocycles. The number of alkyl halides is 3. The standard InChI is InChI=1S/C16H13F3N6O/c17-16(18,19)15(4-8-25(10-15)12-3-1-2-5-22-12)14-23-13(24-26-14)11-9-20-6-7-21-11/h1-3,5-7,9H,4,8,10H2. The Labute approximate surface area is 145 Å². The van der Waals surface area contributed by atoms with Gasteiger partial charge in [-0.25, -0.2) is 9.97 Å². The molecule has 0 N–H and O–H groups in total. The summed E-state index contributed by atoms with van der Waals surface area (Å²) in [6.45, 7) is -0.158. The van der Waals surface area contributed by atoms with Gasteiger partial charge in [0.15, 0.2) is 5.41 Å². The number of nitrogens with zero attached hydrogens (tertiary/aromatic N) is 6. The molecule has 1 fully saturated rings. The van der Waals surface area contributed by atoms with Crippen molar-refractivity contribution in [3.05, 3.63) is 48.9 Å². The third kappa shape index (κ3) is 2.67. The van der Waals surface area contributed by atoms with Gasteiger partial charge in [0.2, 0.25) is 11.7 Å². The average molecular weight is 362 g/mol. The van der Waals surface area contributed by atoms with Gasteiger partial charge in [-0.15, -0.1) is 0 Å². The lowest BCUT2D eigenvalue weighted by Gasteiger charge is -2.28.